The molecular formula is C32H26FN3O3S. The van der Waals surface area contributed by atoms with Gasteiger partial charge in [0.2, 0.25) is 0 Å². The van der Waals surface area contributed by atoms with Gasteiger partial charge in [0.15, 0.2) is 4.80 Å². The number of thiazole rings is 1. The number of halogens is 1. The molecule has 8 heteroatoms. The Morgan fingerprint density at radius 1 is 1.02 bits per heavy atom. The molecule has 5 aromatic rings. The molecule has 6 rings (SSSR count). The minimum Gasteiger partial charge on any atom is -0.463 e. The minimum atomic E-state index is -0.842. The van der Waals surface area contributed by atoms with Gasteiger partial charge in [-0.15, -0.1) is 0 Å². The maximum Gasteiger partial charge on any atom is 0.338 e. The molecule has 6 nitrogen and oxygen atoms in total. The number of nitrogens with zero attached hydrogens (tertiary/aromatic N) is 3. The Bertz CT molecular complexity index is 1950. The molecule has 200 valence electrons. The van der Waals surface area contributed by atoms with Gasteiger partial charge in [-0.05, 0) is 43.7 Å². The molecule has 0 fully saturated rings. The number of hydrogen-bond acceptors (Lipinski definition) is 5. The second-order valence-electron chi connectivity index (χ2n) is 9.37. The van der Waals surface area contributed by atoms with E-state index in [0.29, 0.717) is 20.6 Å². The summed E-state index contributed by atoms with van der Waals surface area (Å²) in [6.45, 7) is 4.76. The number of esters is 1. The lowest BCUT2D eigenvalue weighted by molar-refractivity contribution is -0.138. The SMILES string of the molecule is CCOC(=O)C1=C(c2ccccc2)N=c2s/c(=C\c3cn(CC)c4ccccc34)c(=O)n2[C@H]1c1ccc(F)cc1. The number of fused-ring (bicyclic) bond motifs is 2. The van der Waals surface area contributed by atoms with Crippen molar-refractivity contribution in [2.45, 2.75) is 26.4 Å². The van der Waals surface area contributed by atoms with Crippen LogP contribution < -0.4 is 14.9 Å². The topological polar surface area (TPSA) is 65.6 Å². The molecule has 40 heavy (non-hydrogen) atoms. The number of carbonyl (C=O) groups is 1. The van der Waals surface area contributed by atoms with E-state index in [1.54, 1.807) is 19.1 Å². The summed E-state index contributed by atoms with van der Waals surface area (Å²) < 4.78 is 23.6. The van der Waals surface area contributed by atoms with Gasteiger partial charge in [-0.25, -0.2) is 14.2 Å². The molecule has 0 aliphatic carbocycles. The Morgan fingerprint density at radius 2 is 1.75 bits per heavy atom. The molecule has 3 heterocycles. The van der Waals surface area contributed by atoms with Crippen molar-refractivity contribution in [1.29, 1.82) is 0 Å². The predicted octanol–water partition coefficient (Wildman–Crippen LogP) is 5.05. The summed E-state index contributed by atoms with van der Waals surface area (Å²) in [6.07, 6.45) is 3.93. The van der Waals surface area contributed by atoms with Crippen LogP contribution in [-0.4, -0.2) is 21.7 Å². The summed E-state index contributed by atoms with van der Waals surface area (Å²) in [5.41, 5.74) is 3.72. The van der Waals surface area contributed by atoms with Gasteiger partial charge in [0, 0.05) is 34.8 Å². The maximum absolute atomic E-state index is 14.1. The molecule has 0 unspecified atom stereocenters. The summed E-state index contributed by atoms with van der Waals surface area (Å²) in [6, 6.07) is 22.4. The van der Waals surface area contributed by atoms with Crippen LogP contribution in [0.25, 0.3) is 22.7 Å². The highest BCUT2D eigenvalue weighted by Crippen LogP contribution is 2.35. The van der Waals surface area contributed by atoms with Crippen molar-refractivity contribution in [3.05, 3.63) is 133 Å². The molecule has 2 aromatic heterocycles. The first-order valence-electron chi connectivity index (χ1n) is 13.1. The summed E-state index contributed by atoms with van der Waals surface area (Å²) in [7, 11) is 0. The highest BCUT2D eigenvalue weighted by Gasteiger charge is 2.35. The summed E-state index contributed by atoms with van der Waals surface area (Å²) in [5, 5.41) is 1.04. The van der Waals surface area contributed by atoms with E-state index in [0.717, 1.165) is 28.6 Å². The standard InChI is InChI=1S/C32H26FN3O3S/c1-3-35-19-22(24-12-8-9-13-25(24)35)18-26-30(37)36-29(21-14-16-23(33)17-15-21)27(31(38)39-4-2)28(34-32(36)40-26)20-10-6-5-7-11-20/h5-19,29H,3-4H2,1-2H3/b26-18-/t29-/m0/s1. The fraction of sp³-hybridized carbons (Fsp3) is 0.156. The van der Waals surface area contributed by atoms with E-state index in [-0.39, 0.29) is 17.7 Å². The first-order chi connectivity index (χ1) is 19.5. The third-order valence-electron chi connectivity index (χ3n) is 7.01. The van der Waals surface area contributed by atoms with E-state index in [1.165, 1.54) is 28.0 Å². The molecule has 0 amide bonds. The number of carbonyl (C=O) groups excluding carboxylic acids is 1. The van der Waals surface area contributed by atoms with Gasteiger partial charge in [-0.2, -0.15) is 0 Å². The zero-order valence-corrected chi connectivity index (χ0v) is 22.8. The minimum absolute atomic E-state index is 0.159. The average molecular weight is 552 g/mol. The van der Waals surface area contributed by atoms with Crippen molar-refractivity contribution in [2.24, 2.45) is 4.99 Å². The van der Waals surface area contributed by atoms with Crippen LogP contribution in [0, 0.1) is 5.82 Å². The van der Waals surface area contributed by atoms with Crippen molar-refractivity contribution in [2.75, 3.05) is 6.61 Å². The van der Waals surface area contributed by atoms with Crippen LogP contribution in [0.5, 0.6) is 0 Å². The van der Waals surface area contributed by atoms with E-state index in [9.17, 15) is 14.0 Å². The van der Waals surface area contributed by atoms with Gasteiger partial charge in [0.1, 0.15) is 5.82 Å². The van der Waals surface area contributed by atoms with Crippen molar-refractivity contribution in [3.8, 4) is 0 Å². The fourth-order valence-electron chi connectivity index (χ4n) is 5.19. The molecule has 0 spiro atoms. The Kier molecular flexibility index (Phi) is 6.77. The Balaban J connectivity index is 1.65. The van der Waals surface area contributed by atoms with E-state index in [4.69, 9.17) is 9.73 Å². The molecule has 0 radical (unpaired) electrons. The van der Waals surface area contributed by atoms with E-state index >= 15 is 0 Å². The number of para-hydroxylation sites is 1. The van der Waals surface area contributed by atoms with Gasteiger partial charge in [0.25, 0.3) is 5.56 Å². The quantitative estimate of drug-likeness (QED) is 0.278. The lowest BCUT2D eigenvalue weighted by Gasteiger charge is -2.25. The van der Waals surface area contributed by atoms with Crippen LogP contribution in [0.2, 0.25) is 0 Å². The van der Waals surface area contributed by atoms with Gasteiger partial charge in [-0.3, -0.25) is 9.36 Å². The van der Waals surface area contributed by atoms with Crippen LogP contribution in [0.15, 0.2) is 100 Å². The van der Waals surface area contributed by atoms with E-state index < -0.39 is 17.8 Å². The second kappa shape index (κ2) is 10.5. The summed E-state index contributed by atoms with van der Waals surface area (Å²) in [5.74, 6) is -0.979. The first kappa shape index (κ1) is 25.7. The fourth-order valence-corrected chi connectivity index (χ4v) is 6.19. The Labute approximate surface area is 233 Å². The monoisotopic (exact) mass is 551 g/mol. The number of ether oxygens (including phenoxy) is 1. The number of benzene rings is 3. The van der Waals surface area contributed by atoms with Crippen LogP contribution in [0.1, 0.15) is 36.6 Å². The van der Waals surface area contributed by atoms with Crippen molar-refractivity contribution >= 4 is 40.0 Å². The van der Waals surface area contributed by atoms with Crippen molar-refractivity contribution < 1.29 is 13.9 Å². The molecule has 0 N–H and O–H groups in total. The highest BCUT2D eigenvalue weighted by molar-refractivity contribution is 7.07. The number of aromatic nitrogens is 2. The van der Waals surface area contributed by atoms with Crippen LogP contribution >= 0.6 is 11.3 Å². The predicted molar refractivity (Wildman–Crippen MR) is 155 cm³/mol. The zero-order chi connectivity index (χ0) is 27.8. The lowest BCUT2D eigenvalue weighted by Crippen LogP contribution is -2.40. The van der Waals surface area contributed by atoms with Gasteiger partial charge in [-0.1, -0.05) is 72.0 Å². The number of hydrogen-bond donors (Lipinski definition) is 0. The lowest BCUT2D eigenvalue weighted by atomic mass is 9.93. The van der Waals surface area contributed by atoms with Crippen LogP contribution in [0.4, 0.5) is 4.39 Å². The summed E-state index contributed by atoms with van der Waals surface area (Å²) >= 11 is 1.27. The zero-order valence-electron chi connectivity index (χ0n) is 22.0. The van der Waals surface area contributed by atoms with Crippen molar-refractivity contribution in [3.63, 3.8) is 0 Å². The molecular weight excluding hydrogens is 525 g/mol. The highest BCUT2D eigenvalue weighted by atomic mass is 32.1. The molecule has 1 aliphatic heterocycles. The van der Waals surface area contributed by atoms with Crippen LogP contribution in [-0.2, 0) is 16.1 Å². The molecule has 3 aromatic carbocycles. The Morgan fingerprint density at radius 3 is 2.48 bits per heavy atom. The molecule has 0 saturated carbocycles. The van der Waals surface area contributed by atoms with Crippen molar-refractivity contribution in [1.82, 2.24) is 9.13 Å². The normalized spacial score (nSPS) is 15.3. The van der Waals surface area contributed by atoms with Crippen LogP contribution in [0.3, 0.4) is 0 Å². The largest absolute Gasteiger partial charge is 0.463 e. The summed E-state index contributed by atoms with van der Waals surface area (Å²) in [4.78, 5) is 32.9. The van der Waals surface area contributed by atoms with Gasteiger partial charge in [0.05, 0.1) is 28.5 Å². The number of rotatable bonds is 6. The number of aryl methyl sites for hydroxylation is 1. The molecule has 0 bridgehead atoms. The molecule has 0 saturated heterocycles. The Hall–Kier alpha value is -4.56. The third kappa shape index (κ3) is 4.40. The first-order valence-corrected chi connectivity index (χ1v) is 13.9. The van der Waals surface area contributed by atoms with E-state index in [1.807, 2.05) is 60.8 Å². The van der Waals surface area contributed by atoms with Gasteiger partial charge < -0.3 is 9.30 Å². The smallest absolute Gasteiger partial charge is 0.338 e. The second-order valence-corrected chi connectivity index (χ2v) is 10.4. The maximum atomic E-state index is 14.1. The van der Waals surface area contributed by atoms with Gasteiger partial charge >= 0.3 is 5.97 Å². The third-order valence-corrected chi connectivity index (χ3v) is 7.99. The molecule has 1 atom stereocenters. The molecule has 1 aliphatic rings. The van der Waals surface area contributed by atoms with E-state index in [2.05, 4.69) is 17.6 Å². The average Bonchev–Trinajstić information content (AvgIpc) is 3.50.